The number of aromatic amines is 1. The largest absolute Gasteiger partial charge is 0.411 e. The van der Waals surface area contributed by atoms with E-state index in [9.17, 15) is 19.7 Å². The van der Waals surface area contributed by atoms with E-state index in [0.29, 0.717) is 0 Å². The summed E-state index contributed by atoms with van der Waals surface area (Å²) in [6.45, 7) is 0. The number of carbonyl (C=O) groups is 1. The second-order valence-corrected chi connectivity index (χ2v) is 5.43. The fourth-order valence-electron chi connectivity index (χ4n) is 1.81. The third-order valence-corrected chi connectivity index (χ3v) is 3.68. The van der Waals surface area contributed by atoms with E-state index in [2.05, 4.69) is 25.8 Å². The number of carbonyl (C=O) groups excluding carboxylic acids is 1. The smallest absolute Gasteiger partial charge is 0.362 e. The summed E-state index contributed by atoms with van der Waals surface area (Å²) >= 11 is 0.918. The molecule has 0 atom stereocenters. The van der Waals surface area contributed by atoms with Crippen LogP contribution in [0, 0.1) is 10.1 Å². The van der Waals surface area contributed by atoms with Crippen molar-refractivity contribution in [2.24, 2.45) is 0 Å². The van der Waals surface area contributed by atoms with Crippen LogP contribution in [-0.2, 0) is 4.79 Å². The van der Waals surface area contributed by atoms with Crippen molar-refractivity contribution in [3.05, 3.63) is 51.2 Å². The normalized spacial score (nSPS) is 10.6. The molecular weight excluding hydrogens is 354 g/mol. The lowest BCUT2D eigenvalue weighted by molar-refractivity contribution is -0.384. The Bertz CT molecular complexity index is 978. The van der Waals surface area contributed by atoms with E-state index in [1.54, 1.807) is 6.07 Å². The number of aromatic nitrogens is 5. The number of hydrogen-bond donors (Lipinski definition) is 2. The van der Waals surface area contributed by atoms with Crippen LogP contribution in [0.15, 0.2) is 45.0 Å². The summed E-state index contributed by atoms with van der Waals surface area (Å²) in [7, 11) is 0. The van der Waals surface area contributed by atoms with Gasteiger partial charge in [0.25, 0.3) is 16.8 Å². The van der Waals surface area contributed by atoms with Crippen molar-refractivity contribution in [1.82, 2.24) is 25.1 Å². The lowest BCUT2D eigenvalue weighted by Crippen LogP contribution is -2.31. The number of rotatable bonds is 6. The highest BCUT2D eigenvalue weighted by molar-refractivity contribution is 7.99. The number of benzene rings is 1. The van der Waals surface area contributed by atoms with E-state index in [1.165, 1.54) is 18.2 Å². The van der Waals surface area contributed by atoms with E-state index in [1.807, 2.05) is 0 Å². The molecule has 0 fully saturated rings. The minimum Gasteiger partial charge on any atom is -0.411 e. The van der Waals surface area contributed by atoms with Crippen molar-refractivity contribution < 1.29 is 14.1 Å². The van der Waals surface area contributed by atoms with Crippen LogP contribution < -0.4 is 11.1 Å². The molecule has 1 amide bonds. The standard InChI is InChI=1S/C12H9N7O5S/c20-9(17-18-6-13-15-11(18)21)5-25-12-16-14-10(24-12)7-3-1-2-4-8(7)19(22)23/h1-4,6H,5H2,(H,15,21)(H,17,20). The molecule has 3 aromatic rings. The van der Waals surface area contributed by atoms with Gasteiger partial charge in [-0.1, -0.05) is 23.9 Å². The molecule has 13 heteroatoms. The third-order valence-electron chi connectivity index (χ3n) is 2.86. The summed E-state index contributed by atoms with van der Waals surface area (Å²) in [5.74, 6) is -0.643. The Kier molecular flexibility index (Phi) is 4.56. The van der Waals surface area contributed by atoms with Gasteiger partial charge in [-0.3, -0.25) is 20.3 Å². The van der Waals surface area contributed by atoms with Crippen LogP contribution in [0.4, 0.5) is 5.69 Å². The molecule has 0 aliphatic rings. The quantitative estimate of drug-likeness (QED) is 0.358. The van der Waals surface area contributed by atoms with Crippen molar-refractivity contribution in [3.63, 3.8) is 0 Å². The molecule has 2 heterocycles. The summed E-state index contributed by atoms with van der Waals surface area (Å²) in [4.78, 5) is 33.4. The van der Waals surface area contributed by atoms with Gasteiger partial charge in [0.05, 0.1) is 10.7 Å². The number of nitro groups is 1. The van der Waals surface area contributed by atoms with Crippen LogP contribution in [0.25, 0.3) is 11.5 Å². The molecule has 0 saturated heterocycles. The maximum absolute atomic E-state index is 11.7. The number of hydrogen-bond acceptors (Lipinski definition) is 9. The summed E-state index contributed by atoms with van der Waals surface area (Å²) < 4.78 is 6.22. The van der Waals surface area contributed by atoms with Gasteiger partial charge in [0, 0.05) is 6.07 Å². The first kappa shape index (κ1) is 16.4. The van der Waals surface area contributed by atoms with Crippen molar-refractivity contribution in [2.75, 3.05) is 11.2 Å². The number of nitro benzene ring substituents is 1. The molecule has 0 aliphatic carbocycles. The van der Waals surface area contributed by atoms with Gasteiger partial charge in [0.1, 0.15) is 11.9 Å². The van der Waals surface area contributed by atoms with Gasteiger partial charge in [0.15, 0.2) is 0 Å². The zero-order valence-corrected chi connectivity index (χ0v) is 13.1. The van der Waals surface area contributed by atoms with Crippen LogP contribution in [0.5, 0.6) is 0 Å². The van der Waals surface area contributed by atoms with E-state index in [4.69, 9.17) is 4.42 Å². The van der Waals surface area contributed by atoms with E-state index in [-0.39, 0.29) is 28.1 Å². The zero-order chi connectivity index (χ0) is 17.8. The number of H-pyrrole nitrogens is 1. The second kappa shape index (κ2) is 6.96. The minimum absolute atomic E-state index is 0.0266. The van der Waals surface area contributed by atoms with Gasteiger partial charge in [-0.2, -0.15) is 9.77 Å². The monoisotopic (exact) mass is 363 g/mol. The molecule has 0 saturated carbocycles. The van der Waals surface area contributed by atoms with Crippen molar-refractivity contribution in [3.8, 4) is 11.5 Å². The van der Waals surface area contributed by atoms with Crippen LogP contribution in [0.3, 0.4) is 0 Å². The molecule has 128 valence electrons. The minimum atomic E-state index is -0.588. The van der Waals surface area contributed by atoms with Gasteiger partial charge < -0.3 is 4.42 Å². The summed E-state index contributed by atoms with van der Waals surface area (Å²) in [6, 6.07) is 5.94. The first-order chi connectivity index (χ1) is 12.0. The predicted molar refractivity (Wildman–Crippen MR) is 84.3 cm³/mol. The molecule has 0 aliphatic heterocycles. The molecule has 0 spiro atoms. The lowest BCUT2D eigenvalue weighted by Gasteiger charge is -2.01. The molecule has 0 unspecified atom stereocenters. The van der Waals surface area contributed by atoms with E-state index in [0.717, 1.165) is 22.8 Å². The Morgan fingerprint density at radius 1 is 1.40 bits per heavy atom. The van der Waals surface area contributed by atoms with Crippen LogP contribution in [0.2, 0.25) is 0 Å². The van der Waals surface area contributed by atoms with Crippen LogP contribution in [-0.4, -0.2) is 41.7 Å². The number of amides is 1. The predicted octanol–water partition coefficient (Wildman–Crippen LogP) is 0.392. The Hall–Kier alpha value is -3.48. The molecule has 12 nitrogen and oxygen atoms in total. The fourth-order valence-corrected chi connectivity index (χ4v) is 2.37. The van der Waals surface area contributed by atoms with Gasteiger partial charge in [-0.15, -0.1) is 10.2 Å². The van der Waals surface area contributed by atoms with E-state index >= 15 is 0 Å². The third kappa shape index (κ3) is 3.72. The maximum Gasteiger partial charge on any atom is 0.362 e. The summed E-state index contributed by atoms with van der Waals surface area (Å²) in [5, 5.41) is 24.1. The van der Waals surface area contributed by atoms with Gasteiger partial charge in [0.2, 0.25) is 5.91 Å². The molecule has 1 aromatic carbocycles. The Balaban J connectivity index is 1.66. The topological polar surface area (TPSA) is 162 Å². The highest BCUT2D eigenvalue weighted by atomic mass is 32.2. The van der Waals surface area contributed by atoms with E-state index < -0.39 is 16.5 Å². The number of thioether (sulfide) groups is 1. The Morgan fingerprint density at radius 2 is 2.20 bits per heavy atom. The first-order valence-corrected chi connectivity index (χ1v) is 7.65. The van der Waals surface area contributed by atoms with Crippen LogP contribution >= 0.6 is 11.8 Å². The molecular formula is C12H9N7O5S. The molecule has 0 radical (unpaired) electrons. The number of nitrogens with zero attached hydrogens (tertiary/aromatic N) is 5. The number of nitrogens with one attached hydrogen (secondary N) is 2. The first-order valence-electron chi connectivity index (χ1n) is 6.66. The average molecular weight is 363 g/mol. The molecule has 25 heavy (non-hydrogen) atoms. The highest BCUT2D eigenvalue weighted by Gasteiger charge is 2.20. The van der Waals surface area contributed by atoms with Gasteiger partial charge >= 0.3 is 5.69 Å². The summed E-state index contributed by atoms with van der Waals surface area (Å²) in [5.41, 5.74) is 1.72. The Labute approximate surface area is 142 Å². The molecule has 2 N–H and O–H groups in total. The van der Waals surface area contributed by atoms with Crippen LogP contribution in [0.1, 0.15) is 0 Å². The maximum atomic E-state index is 11.7. The molecule has 0 bridgehead atoms. The molecule has 2 aromatic heterocycles. The highest BCUT2D eigenvalue weighted by Crippen LogP contribution is 2.30. The van der Waals surface area contributed by atoms with Crippen molar-refractivity contribution in [2.45, 2.75) is 5.22 Å². The average Bonchev–Trinajstić information content (AvgIpc) is 3.22. The molecule has 3 rings (SSSR count). The van der Waals surface area contributed by atoms with Crippen molar-refractivity contribution >= 4 is 23.4 Å². The summed E-state index contributed by atoms with van der Waals surface area (Å²) in [6.07, 6.45) is 1.12. The van der Waals surface area contributed by atoms with Gasteiger partial charge in [-0.05, 0) is 6.07 Å². The van der Waals surface area contributed by atoms with Gasteiger partial charge in [-0.25, -0.2) is 9.89 Å². The fraction of sp³-hybridized carbons (Fsp3) is 0.0833. The zero-order valence-electron chi connectivity index (χ0n) is 12.3. The van der Waals surface area contributed by atoms with Crippen molar-refractivity contribution in [1.29, 1.82) is 0 Å². The lowest BCUT2D eigenvalue weighted by atomic mass is 10.2. The Morgan fingerprint density at radius 3 is 2.92 bits per heavy atom. The number of para-hydroxylation sites is 1. The second-order valence-electron chi connectivity index (χ2n) is 4.50. The SMILES string of the molecule is O=C(CSc1nnc(-c2ccccc2[N+](=O)[O-])o1)Nn1cn[nH]c1=O.